The molecule has 3 nitrogen and oxygen atoms in total. The quantitative estimate of drug-likeness (QED) is 0.622. The number of nitrogens with one attached hydrogen (secondary N) is 2. The molecule has 3 heteroatoms. The van der Waals surface area contributed by atoms with Crippen LogP contribution in [0.15, 0.2) is 60.7 Å². The van der Waals surface area contributed by atoms with Gasteiger partial charge < -0.3 is 5.73 Å². The lowest BCUT2D eigenvalue weighted by atomic mass is 9.89. The van der Waals surface area contributed by atoms with Crippen molar-refractivity contribution < 1.29 is 0 Å². The van der Waals surface area contributed by atoms with Crippen LogP contribution in [0.25, 0.3) is 5.57 Å². The van der Waals surface area contributed by atoms with Gasteiger partial charge in [0.25, 0.3) is 0 Å². The molecule has 0 aliphatic heterocycles. The number of anilines is 1. The van der Waals surface area contributed by atoms with Crippen LogP contribution >= 0.6 is 0 Å². The van der Waals surface area contributed by atoms with Crippen molar-refractivity contribution in [2.24, 2.45) is 0 Å². The Hall–Kier alpha value is -2.68. The Morgan fingerprint density at radius 3 is 1.90 bits per heavy atom. The van der Waals surface area contributed by atoms with Crippen molar-refractivity contribution in [3.8, 4) is 0 Å². The SMILES string of the molecule is CC1=CC(=N)C(=N)c2ccccc21.Nc1ccccc1. The van der Waals surface area contributed by atoms with Gasteiger partial charge in [0.1, 0.15) is 0 Å². The first-order chi connectivity index (χ1) is 9.59. The molecule has 0 bridgehead atoms. The van der Waals surface area contributed by atoms with E-state index < -0.39 is 0 Å². The highest BCUT2D eigenvalue weighted by atomic mass is 14.5. The van der Waals surface area contributed by atoms with Crippen molar-refractivity contribution in [1.82, 2.24) is 0 Å². The number of nitrogens with two attached hydrogens (primary N) is 1. The van der Waals surface area contributed by atoms with E-state index in [1.165, 1.54) is 0 Å². The molecule has 2 aromatic rings. The van der Waals surface area contributed by atoms with Crippen LogP contribution in [-0.2, 0) is 0 Å². The number of hydrogen-bond acceptors (Lipinski definition) is 3. The first-order valence-corrected chi connectivity index (χ1v) is 6.35. The fraction of sp³-hybridized carbons (Fsp3) is 0.0588. The van der Waals surface area contributed by atoms with E-state index in [9.17, 15) is 0 Å². The molecule has 0 aromatic heterocycles. The van der Waals surface area contributed by atoms with Gasteiger partial charge in [-0.25, -0.2) is 0 Å². The van der Waals surface area contributed by atoms with Gasteiger partial charge in [0.2, 0.25) is 0 Å². The number of nitrogen functional groups attached to an aromatic ring is 1. The van der Waals surface area contributed by atoms with E-state index in [2.05, 4.69) is 0 Å². The third kappa shape index (κ3) is 3.01. The summed E-state index contributed by atoms with van der Waals surface area (Å²) in [6.07, 6.45) is 1.74. The molecule has 0 saturated heterocycles. The minimum atomic E-state index is 0.302. The van der Waals surface area contributed by atoms with Gasteiger partial charge in [-0.3, -0.25) is 10.8 Å². The molecular weight excluding hydrogens is 246 g/mol. The Morgan fingerprint density at radius 2 is 1.35 bits per heavy atom. The summed E-state index contributed by atoms with van der Waals surface area (Å²) in [6.45, 7) is 1.97. The third-order valence-corrected chi connectivity index (χ3v) is 3.05. The zero-order valence-electron chi connectivity index (χ0n) is 11.4. The normalized spacial score (nSPS) is 12.9. The second-order valence-electron chi connectivity index (χ2n) is 4.57. The van der Waals surface area contributed by atoms with Gasteiger partial charge in [0, 0.05) is 11.3 Å². The van der Waals surface area contributed by atoms with Gasteiger partial charge in [-0.05, 0) is 36.3 Å². The lowest BCUT2D eigenvalue weighted by Gasteiger charge is -2.15. The van der Waals surface area contributed by atoms with Crippen molar-refractivity contribution in [2.75, 3.05) is 5.73 Å². The van der Waals surface area contributed by atoms with E-state index in [1.54, 1.807) is 6.08 Å². The van der Waals surface area contributed by atoms with Crippen molar-refractivity contribution in [3.63, 3.8) is 0 Å². The maximum atomic E-state index is 7.70. The summed E-state index contributed by atoms with van der Waals surface area (Å²) >= 11 is 0. The fourth-order valence-corrected chi connectivity index (χ4v) is 2.01. The molecule has 0 heterocycles. The van der Waals surface area contributed by atoms with E-state index in [0.717, 1.165) is 22.4 Å². The number of para-hydroxylation sites is 1. The number of hydrogen-bond donors (Lipinski definition) is 3. The first kappa shape index (κ1) is 13.7. The van der Waals surface area contributed by atoms with E-state index in [-0.39, 0.29) is 0 Å². The summed E-state index contributed by atoms with van der Waals surface area (Å²) in [7, 11) is 0. The van der Waals surface area contributed by atoms with E-state index in [4.69, 9.17) is 16.6 Å². The number of allylic oxidation sites excluding steroid dienone is 2. The molecular formula is C17H17N3. The summed E-state index contributed by atoms with van der Waals surface area (Å²) in [5.41, 5.74) is 9.81. The smallest absolute Gasteiger partial charge is 0.0867 e. The molecule has 0 radical (unpaired) electrons. The van der Waals surface area contributed by atoms with Gasteiger partial charge in [0.05, 0.1) is 11.4 Å². The predicted molar refractivity (Wildman–Crippen MR) is 85.5 cm³/mol. The molecule has 100 valence electrons. The average Bonchev–Trinajstić information content (AvgIpc) is 2.46. The molecule has 3 rings (SSSR count). The summed E-state index contributed by atoms with van der Waals surface area (Å²) in [5.74, 6) is 0. The predicted octanol–water partition coefficient (Wildman–Crippen LogP) is 3.76. The molecule has 0 saturated carbocycles. The zero-order valence-corrected chi connectivity index (χ0v) is 11.4. The number of rotatable bonds is 0. The molecule has 1 aliphatic carbocycles. The van der Waals surface area contributed by atoms with Crippen molar-refractivity contribution in [3.05, 3.63) is 71.8 Å². The summed E-state index contributed by atoms with van der Waals surface area (Å²) in [5, 5.41) is 15.3. The third-order valence-electron chi connectivity index (χ3n) is 3.05. The standard InChI is InChI=1S/C11H10N2.C6H7N/c1-7-6-10(12)11(13)9-5-3-2-4-8(7)9;7-6-4-2-1-3-5-6/h2-6,12-13H,1H3;1-5H,7H2. The summed E-state index contributed by atoms with van der Waals surface area (Å²) < 4.78 is 0. The molecule has 20 heavy (non-hydrogen) atoms. The van der Waals surface area contributed by atoms with Gasteiger partial charge in [-0.15, -0.1) is 0 Å². The van der Waals surface area contributed by atoms with Crippen LogP contribution in [0.2, 0.25) is 0 Å². The topological polar surface area (TPSA) is 73.7 Å². The first-order valence-electron chi connectivity index (χ1n) is 6.35. The molecule has 4 N–H and O–H groups in total. The Labute approximate surface area is 118 Å². The highest BCUT2D eigenvalue weighted by Crippen LogP contribution is 2.23. The van der Waals surface area contributed by atoms with Crippen LogP contribution in [0.3, 0.4) is 0 Å². The number of fused-ring (bicyclic) bond motifs is 1. The highest BCUT2D eigenvalue weighted by molar-refractivity contribution is 6.52. The Morgan fingerprint density at radius 1 is 0.800 bits per heavy atom. The minimum Gasteiger partial charge on any atom is -0.399 e. The molecule has 0 amide bonds. The molecule has 1 aliphatic rings. The van der Waals surface area contributed by atoms with Crippen LogP contribution in [-0.4, -0.2) is 11.4 Å². The molecule has 2 aromatic carbocycles. The Kier molecular flexibility index (Phi) is 4.11. The minimum absolute atomic E-state index is 0.302. The van der Waals surface area contributed by atoms with Crippen molar-refractivity contribution in [2.45, 2.75) is 6.92 Å². The molecule has 0 unspecified atom stereocenters. The van der Waals surface area contributed by atoms with E-state index in [1.807, 2.05) is 61.5 Å². The Balaban J connectivity index is 0.000000178. The van der Waals surface area contributed by atoms with Crippen molar-refractivity contribution >= 4 is 22.7 Å². The average molecular weight is 263 g/mol. The van der Waals surface area contributed by atoms with Gasteiger partial charge in [-0.2, -0.15) is 0 Å². The van der Waals surface area contributed by atoms with Crippen LogP contribution in [0, 0.1) is 10.8 Å². The fourth-order valence-electron chi connectivity index (χ4n) is 2.01. The van der Waals surface area contributed by atoms with Crippen LogP contribution in [0.5, 0.6) is 0 Å². The number of benzene rings is 2. The highest BCUT2D eigenvalue weighted by Gasteiger charge is 2.16. The maximum Gasteiger partial charge on any atom is 0.0867 e. The van der Waals surface area contributed by atoms with E-state index >= 15 is 0 Å². The second kappa shape index (κ2) is 5.97. The zero-order chi connectivity index (χ0) is 14.5. The van der Waals surface area contributed by atoms with E-state index in [0.29, 0.717) is 11.4 Å². The monoisotopic (exact) mass is 263 g/mol. The van der Waals surface area contributed by atoms with Crippen LogP contribution < -0.4 is 5.73 Å². The molecule has 0 spiro atoms. The van der Waals surface area contributed by atoms with Crippen molar-refractivity contribution in [1.29, 1.82) is 10.8 Å². The Bertz CT molecular complexity index is 670. The van der Waals surface area contributed by atoms with Gasteiger partial charge in [-0.1, -0.05) is 42.5 Å². The summed E-state index contributed by atoms with van der Waals surface area (Å²) in [4.78, 5) is 0. The lowest BCUT2D eigenvalue weighted by molar-refractivity contribution is 1.43. The largest absolute Gasteiger partial charge is 0.399 e. The molecule has 0 fully saturated rings. The summed E-state index contributed by atoms with van der Waals surface area (Å²) in [6, 6.07) is 17.2. The van der Waals surface area contributed by atoms with Gasteiger partial charge >= 0.3 is 0 Å². The lowest BCUT2D eigenvalue weighted by Crippen LogP contribution is -2.17. The molecule has 0 atom stereocenters. The van der Waals surface area contributed by atoms with Crippen LogP contribution in [0.1, 0.15) is 18.1 Å². The maximum absolute atomic E-state index is 7.70. The van der Waals surface area contributed by atoms with Gasteiger partial charge in [0.15, 0.2) is 0 Å². The van der Waals surface area contributed by atoms with Crippen LogP contribution in [0.4, 0.5) is 5.69 Å². The second-order valence-corrected chi connectivity index (χ2v) is 4.57.